The lowest BCUT2D eigenvalue weighted by molar-refractivity contribution is -0.653. The van der Waals surface area contributed by atoms with E-state index in [9.17, 15) is 44.7 Å². The molecule has 0 aromatic carbocycles. The van der Waals surface area contributed by atoms with E-state index in [1.807, 2.05) is 0 Å². The monoisotopic (exact) mass is 522 g/mol. The van der Waals surface area contributed by atoms with Crippen LogP contribution >= 0.6 is 0 Å². The number of hydrazine groups is 3. The molecule has 1 fully saturated rings. The number of carbonyl (C=O) groups excluding carboxylic acids is 3. The van der Waals surface area contributed by atoms with E-state index in [-0.39, 0.29) is 34.8 Å². The number of carbonyl (C=O) groups is 3. The maximum Gasteiger partial charge on any atom is 0.468 e. The molecule has 1 aliphatic rings. The molecule has 0 N–H and O–H groups in total. The van der Waals surface area contributed by atoms with Crippen molar-refractivity contribution < 1.29 is 43.7 Å². The average Bonchev–Trinajstić information content (AvgIpc) is 3.46. The Morgan fingerprint density at radius 3 is 0.972 bits per heavy atom. The fraction of sp³-hybridized carbons (Fsp3) is 0.833. The molecular formula is C18H30N6O12. The molecule has 0 unspecified atom stereocenters. The fourth-order valence-electron chi connectivity index (χ4n) is 3.13. The van der Waals surface area contributed by atoms with Crippen molar-refractivity contribution in [1.29, 1.82) is 0 Å². The van der Waals surface area contributed by atoms with Crippen LogP contribution in [-0.4, -0.2) is 86.3 Å². The minimum atomic E-state index is -2.01. The van der Waals surface area contributed by atoms with E-state index in [2.05, 4.69) is 0 Å². The summed E-state index contributed by atoms with van der Waals surface area (Å²) < 4.78 is 14.4. The Balaban J connectivity index is 3.41. The van der Waals surface area contributed by atoms with Crippen LogP contribution in [0.2, 0.25) is 0 Å². The summed E-state index contributed by atoms with van der Waals surface area (Å²) in [6.07, 6.45) is -2.00. The van der Waals surface area contributed by atoms with Crippen molar-refractivity contribution in [1.82, 2.24) is 15.0 Å². The van der Waals surface area contributed by atoms with E-state index >= 15 is 0 Å². The van der Waals surface area contributed by atoms with Gasteiger partial charge in [0.25, 0.3) is 0 Å². The van der Waals surface area contributed by atoms with Crippen molar-refractivity contribution in [2.75, 3.05) is 19.8 Å². The molecule has 0 spiro atoms. The molecule has 0 radical (unpaired) electrons. The van der Waals surface area contributed by atoms with Crippen molar-refractivity contribution in [2.45, 2.75) is 77.4 Å². The zero-order valence-electron chi connectivity index (χ0n) is 20.2. The SMILES string of the molecule is CCCCOC(=O)N(C1C(N(C(=O)OCCCC)[N+](=O)[O-])C1N(C(=O)OCCCC)[N+](=O)[O-])[N+](=O)[O-]. The summed E-state index contributed by atoms with van der Waals surface area (Å²) in [5.41, 5.74) is 0. The first-order chi connectivity index (χ1) is 17.0. The van der Waals surface area contributed by atoms with Gasteiger partial charge in [-0.15, -0.1) is 0 Å². The number of hydrogen-bond donors (Lipinski definition) is 0. The second kappa shape index (κ2) is 14.4. The molecule has 0 aliphatic heterocycles. The normalized spacial score (nSPS) is 17.9. The number of hydrogen-bond acceptors (Lipinski definition) is 12. The molecule has 0 bridgehead atoms. The van der Waals surface area contributed by atoms with Gasteiger partial charge < -0.3 is 14.2 Å². The Morgan fingerprint density at radius 2 is 0.806 bits per heavy atom. The lowest BCUT2D eigenvalue weighted by atomic mass is 10.4. The van der Waals surface area contributed by atoms with Gasteiger partial charge >= 0.3 is 18.3 Å². The number of rotatable bonds is 15. The first-order valence-corrected chi connectivity index (χ1v) is 11.4. The summed E-state index contributed by atoms with van der Waals surface area (Å²) in [5, 5.41) is 30.7. The van der Waals surface area contributed by atoms with E-state index in [0.717, 1.165) is 0 Å². The smallest absolute Gasteiger partial charge is 0.446 e. The van der Waals surface area contributed by atoms with Crippen LogP contribution in [0.25, 0.3) is 0 Å². The Hall–Kier alpha value is -3.99. The molecular weight excluding hydrogens is 492 g/mol. The zero-order chi connectivity index (χ0) is 27.4. The van der Waals surface area contributed by atoms with Gasteiger partial charge in [0, 0.05) is 0 Å². The maximum absolute atomic E-state index is 12.4. The van der Waals surface area contributed by atoms with E-state index in [1.165, 1.54) is 0 Å². The van der Waals surface area contributed by atoms with Gasteiger partial charge in [-0.1, -0.05) is 40.0 Å². The average molecular weight is 522 g/mol. The third kappa shape index (κ3) is 7.77. The van der Waals surface area contributed by atoms with Gasteiger partial charge in [-0.2, -0.15) is 0 Å². The van der Waals surface area contributed by atoms with Crippen LogP contribution in [-0.2, 0) is 14.2 Å². The zero-order valence-corrected chi connectivity index (χ0v) is 20.2. The van der Waals surface area contributed by atoms with Crippen LogP contribution < -0.4 is 0 Å². The Labute approximate surface area is 205 Å². The van der Waals surface area contributed by atoms with Crippen molar-refractivity contribution in [3.05, 3.63) is 30.3 Å². The highest BCUT2D eigenvalue weighted by Gasteiger charge is 2.76. The number of unbranched alkanes of at least 4 members (excludes halogenated alkanes) is 3. The van der Waals surface area contributed by atoms with Gasteiger partial charge in [-0.3, -0.25) is 0 Å². The van der Waals surface area contributed by atoms with E-state index in [4.69, 9.17) is 14.2 Å². The maximum atomic E-state index is 12.4. The van der Waals surface area contributed by atoms with Crippen LogP contribution in [0.5, 0.6) is 0 Å². The molecule has 0 heterocycles. The molecule has 18 nitrogen and oxygen atoms in total. The fourth-order valence-corrected chi connectivity index (χ4v) is 3.13. The molecule has 1 saturated carbocycles. The van der Waals surface area contributed by atoms with Gasteiger partial charge in [-0.25, -0.2) is 44.7 Å². The summed E-state index contributed by atoms with van der Waals surface area (Å²) in [5.74, 6) is 0. The summed E-state index contributed by atoms with van der Waals surface area (Å²) in [4.78, 5) is 72.4. The van der Waals surface area contributed by atoms with Gasteiger partial charge in [-0.05, 0) is 34.3 Å². The second-order valence-corrected chi connectivity index (χ2v) is 7.62. The summed E-state index contributed by atoms with van der Waals surface area (Å²) in [6.45, 7) is 4.55. The van der Waals surface area contributed by atoms with Gasteiger partial charge in [0.2, 0.25) is 0 Å². The van der Waals surface area contributed by atoms with Crippen molar-refractivity contribution in [3.63, 3.8) is 0 Å². The molecule has 1 rings (SSSR count). The summed E-state index contributed by atoms with van der Waals surface area (Å²) in [6, 6.07) is -6.04. The minimum absolute atomic E-state index is 0.212. The van der Waals surface area contributed by atoms with Crippen LogP contribution in [0, 0.1) is 30.3 Å². The number of nitro groups is 3. The van der Waals surface area contributed by atoms with Gasteiger partial charge in [0.1, 0.15) is 0 Å². The molecule has 204 valence electrons. The lowest BCUT2D eigenvalue weighted by Gasteiger charge is -2.14. The minimum Gasteiger partial charge on any atom is -0.446 e. The largest absolute Gasteiger partial charge is 0.468 e. The second-order valence-electron chi connectivity index (χ2n) is 7.62. The van der Waals surface area contributed by atoms with Crippen molar-refractivity contribution in [2.24, 2.45) is 0 Å². The Morgan fingerprint density at radius 1 is 0.583 bits per heavy atom. The van der Waals surface area contributed by atoms with Crippen LogP contribution in [0.1, 0.15) is 59.3 Å². The first-order valence-electron chi connectivity index (χ1n) is 11.4. The Bertz CT molecular complexity index is 716. The topological polar surface area (TPSA) is 218 Å². The molecule has 36 heavy (non-hydrogen) atoms. The standard InChI is InChI=1S/C18H30N6O12/c1-4-7-10-34-16(25)19(22(28)29)13-14(20(23(30)31)17(26)35-11-8-5-2)15(13)21(24(32)33)18(27)36-12-9-6-3/h13-15H,4-12H2,1-3H3. The van der Waals surface area contributed by atoms with Gasteiger partial charge in [0.15, 0.2) is 33.2 Å². The van der Waals surface area contributed by atoms with Crippen LogP contribution in [0.15, 0.2) is 0 Å². The summed E-state index contributed by atoms with van der Waals surface area (Å²) >= 11 is 0. The van der Waals surface area contributed by atoms with Crippen LogP contribution in [0.3, 0.4) is 0 Å². The molecule has 18 heteroatoms. The molecule has 0 saturated heterocycles. The predicted octanol–water partition coefficient (Wildman–Crippen LogP) is 2.40. The van der Waals surface area contributed by atoms with E-state index in [0.29, 0.717) is 38.5 Å². The van der Waals surface area contributed by atoms with E-state index < -0.39 is 51.5 Å². The quantitative estimate of drug-likeness (QED) is 0.131. The highest BCUT2D eigenvalue weighted by molar-refractivity contribution is 5.72. The number of ether oxygens (including phenoxy) is 3. The number of amides is 3. The third-order valence-electron chi connectivity index (χ3n) is 5.02. The summed E-state index contributed by atoms with van der Waals surface area (Å²) in [7, 11) is 0. The number of nitrogens with zero attached hydrogens (tertiary/aromatic N) is 6. The highest BCUT2D eigenvalue weighted by atomic mass is 16.7. The van der Waals surface area contributed by atoms with Crippen LogP contribution in [0.4, 0.5) is 14.4 Å². The third-order valence-corrected chi connectivity index (χ3v) is 5.02. The molecule has 3 amide bonds. The molecule has 0 aromatic rings. The van der Waals surface area contributed by atoms with Crippen molar-refractivity contribution >= 4 is 18.3 Å². The van der Waals surface area contributed by atoms with Crippen molar-refractivity contribution in [3.8, 4) is 0 Å². The predicted molar refractivity (Wildman–Crippen MR) is 117 cm³/mol. The van der Waals surface area contributed by atoms with Gasteiger partial charge in [0.05, 0.1) is 19.8 Å². The highest BCUT2D eigenvalue weighted by Crippen LogP contribution is 2.40. The molecule has 0 atom stereocenters. The Kier molecular flexibility index (Phi) is 12.0. The molecule has 0 aromatic heterocycles. The first kappa shape index (κ1) is 30.0. The van der Waals surface area contributed by atoms with E-state index in [1.54, 1.807) is 20.8 Å². The molecule has 1 aliphatic carbocycles. The lowest BCUT2D eigenvalue weighted by Crippen LogP contribution is -2.46.